The van der Waals surface area contributed by atoms with Crippen molar-refractivity contribution in [1.29, 1.82) is 0 Å². The number of benzene rings is 2. The molecule has 1 aliphatic heterocycles. The Bertz CT molecular complexity index is 993. The number of hydrogen-bond acceptors (Lipinski definition) is 6. The molecule has 0 aromatic heterocycles. The Morgan fingerprint density at radius 3 is 2.33 bits per heavy atom. The number of rotatable bonds is 6. The van der Waals surface area contributed by atoms with E-state index in [0.29, 0.717) is 22.6 Å². The second-order valence-electron chi connectivity index (χ2n) is 7.27. The molecule has 7 heteroatoms. The molecule has 2 aromatic carbocycles. The van der Waals surface area contributed by atoms with Crippen LogP contribution in [0.5, 0.6) is 11.5 Å². The Morgan fingerprint density at radius 1 is 1.10 bits per heavy atom. The Labute approximate surface area is 175 Å². The number of methoxy groups -OCH3 is 2. The molecule has 0 radical (unpaired) electrons. The third-order valence-electron chi connectivity index (χ3n) is 5.06. The highest BCUT2D eigenvalue weighted by Crippen LogP contribution is 2.43. The number of amides is 1. The monoisotopic (exact) mass is 411 g/mol. The molecule has 1 aliphatic rings. The van der Waals surface area contributed by atoms with Crippen LogP contribution in [0.1, 0.15) is 29.7 Å². The Morgan fingerprint density at radius 2 is 1.77 bits per heavy atom. The van der Waals surface area contributed by atoms with Crippen molar-refractivity contribution >= 4 is 17.4 Å². The molecular weight excluding hydrogens is 386 g/mol. The van der Waals surface area contributed by atoms with Crippen LogP contribution in [0.4, 0.5) is 0 Å². The summed E-state index contributed by atoms with van der Waals surface area (Å²) >= 11 is 0. The molecule has 1 amide bonds. The van der Waals surface area contributed by atoms with Crippen LogP contribution >= 0.6 is 0 Å². The lowest BCUT2D eigenvalue weighted by atomic mass is 9.94. The highest BCUT2D eigenvalue weighted by molar-refractivity contribution is 6.46. The number of hydrogen-bond donors (Lipinski definition) is 2. The Balaban J connectivity index is 2.27. The molecule has 2 aromatic rings. The van der Waals surface area contributed by atoms with Gasteiger partial charge >= 0.3 is 0 Å². The molecule has 7 nitrogen and oxygen atoms in total. The van der Waals surface area contributed by atoms with E-state index in [9.17, 15) is 19.8 Å². The van der Waals surface area contributed by atoms with Crippen LogP contribution in [-0.2, 0) is 9.59 Å². The molecule has 30 heavy (non-hydrogen) atoms. The van der Waals surface area contributed by atoms with Gasteiger partial charge in [-0.1, -0.05) is 29.8 Å². The summed E-state index contributed by atoms with van der Waals surface area (Å²) in [7, 11) is 2.98. The number of ketones is 1. The maximum atomic E-state index is 13.0. The fourth-order valence-corrected chi connectivity index (χ4v) is 3.60. The number of carbonyl (C=O) groups excluding carboxylic acids is 2. The standard InChI is InChI=1S/C23H25NO6/c1-13-5-7-15(8-6-13)21(26)19-20(24(12-14(2)25)23(28)22(19)27)17-11-16(29-3)9-10-18(17)30-4/h5-11,14,20,25-26H,12H2,1-4H3/t14-,20-/m0/s1. The summed E-state index contributed by atoms with van der Waals surface area (Å²) in [5.41, 5.74) is 1.83. The van der Waals surface area contributed by atoms with Crippen LogP contribution in [0.3, 0.4) is 0 Å². The van der Waals surface area contributed by atoms with E-state index < -0.39 is 23.8 Å². The number of carbonyl (C=O) groups is 2. The lowest BCUT2D eigenvalue weighted by molar-refractivity contribution is -0.140. The number of ether oxygens (including phenoxy) is 2. The van der Waals surface area contributed by atoms with E-state index in [1.807, 2.05) is 19.1 Å². The van der Waals surface area contributed by atoms with Gasteiger partial charge in [0.1, 0.15) is 17.3 Å². The van der Waals surface area contributed by atoms with E-state index in [-0.39, 0.29) is 17.9 Å². The first-order chi connectivity index (χ1) is 14.3. The SMILES string of the molecule is COc1ccc(OC)c([C@H]2C(=C(O)c3ccc(C)cc3)C(=O)C(=O)N2C[C@H](C)O)c1. The summed E-state index contributed by atoms with van der Waals surface area (Å²) in [6.07, 6.45) is -0.873. The number of nitrogens with zero attached hydrogens (tertiary/aromatic N) is 1. The third-order valence-corrected chi connectivity index (χ3v) is 5.06. The van der Waals surface area contributed by atoms with E-state index in [0.717, 1.165) is 5.56 Å². The number of aryl methyl sites for hydroxylation is 1. The average molecular weight is 411 g/mol. The zero-order valence-electron chi connectivity index (χ0n) is 17.4. The molecule has 0 unspecified atom stereocenters. The largest absolute Gasteiger partial charge is 0.507 e. The van der Waals surface area contributed by atoms with Gasteiger partial charge in [-0.3, -0.25) is 9.59 Å². The average Bonchev–Trinajstić information content (AvgIpc) is 2.97. The lowest BCUT2D eigenvalue weighted by Crippen LogP contribution is -2.35. The highest BCUT2D eigenvalue weighted by Gasteiger charge is 2.47. The second kappa shape index (κ2) is 8.59. The van der Waals surface area contributed by atoms with Gasteiger partial charge in [0.2, 0.25) is 0 Å². The fraction of sp³-hybridized carbons (Fsp3) is 0.304. The van der Waals surface area contributed by atoms with Crippen LogP contribution in [-0.4, -0.2) is 53.7 Å². The molecule has 1 heterocycles. The van der Waals surface area contributed by atoms with Gasteiger partial charge in [-0.05, 0) is 32.0 Å². The van der Waals surface area contributed by atoms with Gasteiger partial charge in [0.25, 0.3) is 11.7 Å². The number of likely N-dealkylation sites (tertiary alicyclic amines) is 1. The smallest absolute Gasteiger partial charge is 0.295 e. The van der Waals surface area contributed by atoms with Crippen molar-refractivity contribution in [2.45, 2.75) is 26.0 Å². The Kier molecular flexibility index (Phi) is 6.12. The predicted molar refractivity (Wildman–Crippen MR) is 111 cm³/mol. The minimum atomic E-state index is -0.939. The molecule has 0 saturated carbocycles. The minimum absolute atomic E-state index is 0.0592. The summed E-state index contributed by atoms with van der Waals surface area (Å²) in [4.78, 5) is 27.0. The normalized spacial score (nSPS) is 19.1. The number of β-amino-alcohol motifs (C(OH)–C–C–N with tert-alkyl or cyclic N) is 1. The first-order valence-corrected chi connectivity index (χ1v) is 9.54. The van der Waals surface area contributed by atoms with E-state index in [4.69, 9.17) is 9.47 Å². The molecule has 3 rings (SSSR count). The summed E-state index contributed by atoms with van der Waals surface area (Å²) in [6, 6.07) is 11.1. The van der Waals surface area contributed by atoms with Crippen LogP contribution in [0.25, 0.3) is 5.76 Å². The van der Waals surface area contributed by atoms with Gasteiger partial charge in [0.15, 0.2) is 0 Å². The minimum Gasteiger partial charge on any atom is -0.507 e. The van der Waals surface area contributed by atoms with Crippen molar-refractivity contribution < 1.29 is 29.3 Å². The summed E-state index contributed by atoms with van der Waals surface area (Å²) in [6.45, 7) is 3.35. The quantitative estimate of drug-likeness (QED) is 0.431. The fourth-order valence-electron chi connectivity index (χ4n) is 3.60. The van der Waals surface area contributed by atoms with Crippen molar-refractivity contribution in [3.63, 3.8) is 0 Å². The van der Waals surface area contributed by atoms with Crippen LogP contribution in [0.2, 0.25) is 0 Å². The van der Waals surface area contributed by atoms with E-state index in [1.54, 1.807) is 30.3 Å². The van der Waals surface area contributed by atoms with Crippen molar-refractivity contribution in [2.24, 2.45) is 0 Å². The topological polar surface area (TPSA) is 96.3 Å². The van der Waals surface area contributed by atoms with Crippen LogP contribution in [0.15, 0.2) is 48.0 Å². The van der Waals surface area contributed by atoms with Gasteiger partial charge < -0.3 is 24.6 Å². The molecule has 0 aliphatic carbocycles. The first-order valence-electron chi connectivity index (χ1n) is 9.54. The molecule has 158 valence electrons. The molecule has 2 atom stereocenters. The molecular formula is C23H25NO6. The number of aliphatic hydroxyl groups is 2. The highest BCUT2D eigenvalue weighted by atomic mass is 16.5. The van der Waals surface area contributed by atoms with Crippen molar-refractivity contribution in [2.75, 3.05) is 20.8 Å². The van der Waals surface area contributed by atoms with E-state index in [1.165, 1.54) is 26.0 Å². The van der Waals surface area contributed by atoms with E-state index in [2.05, 4.69) is 0 Å². The summed E-state index contributed by atoms with van der Waals surface area (Å²) < 4.78 is 10.8. The summed E-state index contributed by atoms with van der Waals surface area (Å²) in [5.74, 6) is -0.962. The van der Waals surface area contributed by atoms with Gasteiger partial charge in [-0.2, -0.15) is 0 Å². The van der Waals surface area contributed by atoms with Crippen molar-refractivity contribution in [3.05, 3.63) is 64.7 Å². The van der Waals surface area contributed by atoms with Crippen molar-refractivity contribution in [1.82, 2.24) is 4.90 Å². The third kappa shape index (κ3) is 3.89. The molecule has 2 N–H and O–H groups in total. The maximum absolute atomic E-state index is 13.0. The van der Waals surface area contributed by atoms with Gasteiger partial charge in [0.05, 0.1) is 31.9 Å². The maximum Gasteiger partial charge on any atom is 0.295 e. The second-order valence-corrected chi connectivity index (χ2v) is 7.27. The van der Waals surface area contributed by atoms with Gasteiger partial charge in [0, 0.05) is 17.7 Å². The van der Waals surface area contributed by atoms with Crippen molar-refractivity contribution in [3.8, 4) is 11.5 Å². The molecule has 1 fully saturated rings. The van der Waals surface area contributed by atoms with Gasteiger partial charge in [-0.25, -0.2) is 0 Å². The lowest BCUT2D eigenvalue weighted by Gasteiger charge is -2.27. The Hall–Kier alpha value is -3.32. The van der Waals surface area contributed by atoms with Crippen LogP contribution in [0, 0.1) is 6.92 Å². The van der Waals surface area contributed by atoms with Crippen LogP contribution < -0.4 is 9.47 Å². The molecule has 1 saturated heterocycles. The predicted octanol–water partition coefficient (Wildman–Crippen LogP) is 2.81. The number of aliphatic hydroxyl groups excluding tert-OH is 2. The number of Topliss-reactive ketones (excluding diaryl/α,β-unsaturated/α-hetero) is 1. The van der Waals surface area contributed by atoms with Gasteiger partial charge in [-0.15, -0.1) is 0 Å². The molecule has 0 spiro atoms. The zero-order chi connectivity index (χ0) is 22.0. The summed E-state index contributed by atoms with van der Waals surface area (Å²) in [5, 5.41) is 21.0. The first kappa shape index (κ1) is 21.4. The van der Waals surface area contributed by atoms with E-state index >= 15 is 0 Å². The zero-order valence-corrected chi connectivity index (χ0v) is 17.4. The molecule has 0 bridgehead atoms.